The Labute approximate surface area is 369 Å². The van der Waals surface area contributed by atoms with E-state index >= 15 is 0 Å². The molecule has 0 unspecified atom stereocenters. The molecule has 4 aliphatic rings. The third kappa shape index (κ3) is 12.7. The van der Waals surface area contributed by atoms with Gasteiger partial charge in [-0.05, 0) is 118 Å². The van der Waals surface area contributed by atoms with Crippen LogP contribution in [-0.2, 0) is 43.4 Å². The first-order valence-electron chi connectivity index (χ1n) is 18.8. The number of rotatable bonds is 0. The molecule has 0 bridgehead atoms. The second-order valence-corrected chi connectivity index (χ2v) is 15.3. The number of fused-ring (bicyclic) bond motifs is 1. The topological polar surface area (TPSA) is 0 Å². The van der Waals surface area contributed by atoms with Gasteiger partial charge in [0.05, 0.1) is 0 Å². The summed E-state index contributed by atoms with van der Waals surface area (Å²) in [5, 5.41) is 2.10. The molecule has 0 nitrogen and oxygen atoms in total. The zero-order valence-corrected chi connectivity index (χ0v) is 40.8. The zero-order chi connectivity index (χ0) is 40.1. The molecule has 4 saturated carbocycles. The molecule has 280 valence electrons. The summed E-state index contributed by atoms with van der Waals surface area (Å²) in [6, 6.07) is 14.3. The monoisotopic (exact) mass is 788 g/mol. The molecule has 0 aliphatic heterocycles. The normalized spacial score (nSPS) is 23.4. The summed E-state index contributed by atoms with van der Waals surface area (Å²) < 4.78 is 0. The van der Waals surface area contributed by atoms with E-state index in [1.165, 1.54) is 118 Å². The molecule has 4 aliphatic carbocycles. The van der Waals surface area contributed by atoms with Crippen molar-refractivity contribution in [2.24, 2.45) is 0 Å². The van der Waals surface area contributed by atoms with Crippen LogP contribution in [0.5, 0.6) is 0 Å². The van der Waals surface area contributed by atoms with Gasteiger partial charge < -0.3 is 37.1 Å². The molecule has 0 aromatic heterocycles. The van der Waals surface area contributed by atoms with E-state index in [9.17, 15) is 0 Å². The van der Waals surface area contributed by atoms with Gasteiger partial charge in [-0.3, -0.25) is 10.8 Å². The minimum Gasteiger partial charge on any atom is -0.518 e. The van der Waals surface area contributed by atoms with E-state index in [-0.39, 0.29) is 43.4 Å². The van der Waals surface area contributed by atoms with Crippen LogP contribution in [0.4, 0.5) is 0 Å². The Balaban J connectivity index is 0.000000646. The fourth-order valence-corrected chi connectivity index (χ4v) is 6.80. The zero-order valence-electron chi connectivity index (χ0n) is 37.7. The van der Waals surface area contributed by atoms with Crippen LogP contribution >= 0.6 is 0 Å². The van der Waals surface area contributed by atoms with E-state index in [1.54, 1.807) is 0 Å². The average Bonchev–Trinajstić information content (AvgIpc) is 3.57. The van der Waals surface area contributed by atoms with Gasteiger partial charge in [0.1, 0.15) is 0 Å². The summed E-state index contributed by atoms with van der Waals surface area (Å²) in [6.07, 6.45) is 0. The maximum absolute atomic E-state index is 3.82. The summed E-state index contributed by atoms with van der Waals surface area (Å²) in [7, 11) is 0. The van der Waals surface area contributed by atoms with Crippen molar-refractivity contribution in [1.29, 1.82) is 0 Å². The summed E-state index contributed by atoms with van der Waals surface area (Å²) in [4.78, 5) is 0. The minimum atomic E-state index is 0. The predicted octanol–water partition coefficient (Wildman–Crippen LogP) is 14.7. The molecule has 0 atom stereocenters. The SMILES string of the molecule is C[C]1[C](C)[C](C)[C](C)[C]1C.C[C]1[C](C)[C](C)[C](C)[C]1C.C[C]1[C](C)[C](C)[C](C)[C]1C.C[C]1[C](C)[C](C)[C](C)[C]1C.[CH2-]c1[c-]c2ccccc2[c-]c1[CH2-].[Ti+4].[Ti+4]. The van der Waals surface area contributed by atoms with Gasteiger partial charge in [-0.15, -0.1) is 12.1 Å². The quantitative estimate of drug-likeness (QED) is 0.184. The molecule has 0 heterocycles. The molecule has 0 N–H and O–H groups in total. The third-order valence-corrected chi connectivity index (χ3v) is 13.1. The van der Waals surface area contributed by atoms with E-state index < -0.39 is 0 Å². The smallest absolute Gasteiger partial charge is 0.518 e. The predicted molar refractivity (Wildman–Crippen MR) is 229 cm³/mol. The van der Waals surface area contributed by atoms with Crippen molar-refractivity contribution in [3.8, 4) is 0 Å². The molecule has 4 fully saturated rings. The number of hydrogen-bond donors (Lipinski definition) is 0. The van der Waals surface area contributed by atoms with Gasteiger partial charge in [0.25, 0.3) is 0 Å². The second-order valence-electron chi connectivity index (χ2n) is 15.3. The Morgan fingerprint density at radius 2 is 0.370 bits per heavy atom. The van der Waals surface area contributed by atoms with Crippen LogP contribution in [0.1, 0.15) is 150 Å². The number of benzene rings is 2. The van der Waals surface area contributed by atoms with Crippen molar-refractivity contribution in [1.82, 2.24) is 0 Å². The minimum absolute atomic E-state index is 0. The summed E-state index contributed by atoms with van der Waals surface area (Å²) >= 11 is 0. The largest absolute Gasteiger partial charge is 4.00 e. The Bertz CT molecular complexity index is 993. The van der Waals surface area contributed by atoms with Crippen LogP contribution in [0.15, 0.2) is 24.3 Å². The average molecular weight is 789 g/mol. The Kier molecular flexibility index (Phi) is 23.4. The molecule has 54 heavy (non-hydrogen) atoms. The summed E-state index contributed by atoms with van der Waals surface area (Å²) in [5.74, 6) is 29.4. The standard InChI is InChI=1S/C12H8.4C10H15.2Ti/c1-9-7-11-5-3-4-6-12(11)8-10(9)2;4*1-6-7(2)9(4)10(5)8(6)3;;/h3-6H,1-2H2;4*1-5H3;;/q-4;;;;;2*+4. The maximum Gasteiger partial charge on any atom is 4.00 e. The van der Waals surface area contributed by atoms with E-state index in [0.717, 1.165) is 21.9 Å². The van der Waals surface area contributed by atoms with Gasteiger partial charge in [0, 0.05) is 0 Å². The first-order valence-corrected chi connectivity index (χ1v) is 18.8. The van der Waals surface area contributed by atoms with Gasteiger partial charge in [-0.25, -0.2) is 0 Å². The number of hydrogen-bond acceptors (Lipinski definition) is 0. The van der Waals surface area contributed by atoms with Gasteiger partial charge in [0.2, 0.25) is 0 Å². The van der Waals surface area contributed by atoms with Crippen LogP contribution in [0, 0.1) is 144 Å². The maximum atomic E-state index is 3.82. The summed E-state index contributed by atoms with van der Waals surface area (Å²) in [6.45, 7) is 51.6. The van der Waals surface area contributed by atoms with Crippen LogP contribution in [-0.4, -0.2) is 0 Å². The van der Waals surface area contributed by atoms with Crippen molar-refractivity contribution < 1.29 is 43.4 Å². The molecule has 20 radical (unpaired) electrons. The third-order valence-electron chi connectivity index (χ3n) is 13.1. The van der Waals surface area contributed by atoms with Crippen LogP contribution in [0.25, 0.3) is 10.8 Å². The molecule has 0 amide bonds. The van der Waals surface area contributed by atoms with Crippen molar-refractivity contribution in [3.05, 3.63) is 180 Å². The van der Waals surface area contributed by atoms with Crippen molar-refractivity contribution in [2.45, 2.75) is 138 Å². The fourth-order valence-electron chi connectivity index (χ4n) is 6.80. The first-order chi connectivity index (χ1) is 24.0. The Morgan fingerprint density at radius 1 is 0.259 bits per heavy atom. The van der Waals surface area contributed by atoms with Crippen LogP contribution in [0.2, 0.25) is 0 Å². The second kappa shape index (κ2) is 23.5. The first kappa shape index (κ1) is 53.9. The van der Waals surface area contributed by atoms with Gasteiger partial charge in [-0.1, -0.05) is 145 Å². The van der Waals surface area contributed by atoms with Gasteiger partial charge >= 0.3 is 43.4 Å². The summed E-state index contributed by atoms with van der Waals surface area (Å²) in [5.41, 5.74) is 1.66. The van der Waals surface area contributed by atoms with Crippen LogP contribution < -0.4 is 0 Å². The molecule has 2 aromatic carbocycles. The molecular formula is C52H68Ti2+4. The molecule has 6 rings (SSSR count). The fraction of sp³-hybridized carbons (Fsp3) is 0.385. The van der Waals surface area contributed by atoms with Crippen molar-refractivity contribution >= 4 is 10.8 Å². The van der Waals surface area contributed by atoms with E-state index in [4.69, 9.17) is 0 Å². The van der Waals surface area contributed by atoms with E-state index in [1.807, 2.05) is 24.3 Å². The van der Waals surface area contributed by atoms with Gasteiger partial charge in [-0.2, -0.15) is 6.07 Å². The molecule has 2 heteroatoms. The molecule has 0 spiro atoms. The van der Waals surface area contributed by atoms with Crippen LogP contribution in [0.3, 0.4) is 0 Å². The van der Waals surface area contributed by atoms with E-state index in [0.29, 0.717) is 0 Å². The molecular weight excluding hydrogens is 720 g/mol. The Morgan fingerprint density at radius 3 is 0.481 bits per heavy atom. The molecule has 2 aromatic rings. The molecule has 0 saturated heterocycles. The van der Waals surface area contributed by atoms with E-state index in [2.05, 4.69) is 164 Å². The Hall–Kier alpha value is -0.131. The van der Waals surface area contributed by atoms with Gasteiger partial charge in [0.15, 0.2) is 0 Å². The van der Waals surface area contributed by atoms with Crippen molar-refractivity contribution in [3.63, 3.8) is 0 Å². The van der Waals surface area contributed by atoms with Crippen molar-refractivity contribution in [2.75, 3.05) is 0 Å².